The van der Waals surface area contributed by atoms with Crippen molar-refractivity contribution in [3.8, 4) is 11.4 Å². The largest absolute Gasteiger partial charge is 0.352 e. The molecule has 0 spiro atoms. The molecule has 8 heteroatoms. The van der Waals surface area contributed by atoms with Gasteiger partial charge in [-0.25, -0.2) is 10.2 Å². The second-order valence-electron chi connectivity index (χ2n) is 4.10. The molecular formula is C13H13Cl2N5O. The summed E-state index contributed by atoms with van der Waals surface area (Å²) in [7, 11) is 1.55. The lowest BCUT2D eigenvalue weighted by atomic mass is 10.2. The number of hydrazine groups is 1. The predicted molar refractivity (Wildman–Crippen MR) is 84.6 cm³/mol. The van der Waals surface area contributed by atoms with Crippen LogP contribution in [0, 0.1) is 0 Å². The number of halogens is 2. The normalized spacial score (nSPS) is 10.4. The smallest absolute Gasteiger partial charge is 0.289 e. The van der Waals surface area contributed by atoms with Crippen LogP contribution in [0.4, 0.5) is 5.95 Å². The molecule has 6 nitrogen and oxygen atoms in total. The summed E-state index contributed by atoms with van der Waals surface area (Å²) in [5, 5.41) is 0.808. The predicted octanol–water partition coefficient (Wildman–Crippen LogP) is 2.25. The maximum Gasteiger partial charge on any atom is 0.352 e. The first kappa shape index (κ1) is 15.5. The third kappa shape index (κ3) is 3.41. The van der Waals surface area contributed by atoms with Crippen molar-refractivity contribution in [2.75, 3.05) is 12.0 Å². The Morgan fingerprint density at radius 1 is 1.33 bits per heavy atom. The lowest BCUT2D eigenvalue weighted by Crippen LogP contribution is -2.29. The Hall–Kier alpha value is -1.89. The minimum atomic E-state index is -0.473. The Bertz CT molecular complexity index is 709. The number of hydrogen-bond acceptors (Lipinski definition) is 5. The van der Waals surface area contributed by atoms with Gasteiger partial charge in [-0.1, -0.05) is 35.3 Å². The molecule has 0 amide bonds. The van der Waals surface area contributed by atoms with E-state index in [-0.39, 0.29) is 5.95 Å². The Labute approximate surface area is 131 Å². The first-order valence-corrected chi connectivity index (χ1v) is 6.79. The maximum absolute atomic E-state index is 11.9. The van der Waals surface area contributed by atoms with E-state index in [9.17, 15) is 4.79 Å². The van der Waals surface area contributed by atoms with E-state index in [1.165, 1.54) is 4.57 Å². The quantitative estimate of drug-likeness (QED) is 0.501. The van der Waals surface area contributed by atoms with Gasteiger partial charge in [0, 0.05) is 13.6 Å². The van der Waals surface area contributed by atoms with Crippen molar-refractivity contribution in [2.45, 2.75) is 0 Å². The minimum absolute atomic E-state index is 0.130. The van der Waals surface area contributed by atoms with Gasteiger partial charge in [0.2, 0.25) is 5.95 Å². The summed E-state index contributed by atoms with van der Waals surface area (Å²) < 4.78 is 1.28. The third-order valence-electron chi connectivity index (χ3n) is 2.65. The van der Waals surface area contributed by atoms with Gasteiger partial charge in [-0.2, -0.15) is 9.97 Å². The van der Waals surface area contributed by atoms with Crippen molar-refractivity contribution in [3.63, 3.8) is 0 Å². The molecule has 0 saturated carbocycles. The molecule has 1 heterocycles. The molecule has 110 valence electrons. The van der Waals surface area contributed by atoms with Gasteiger partial charge in [0.05, 0.1) is 15.6 Å². The Kier molecular flexibility index (Phi) is 4.95. The molecule has 0 saturated heterocycles. The number of aromatic nitrogens is 3. The Morgan fingerprint density at radius 3 is 2.62 bits per heavy atom. The van der Waals surface area contributed by atoms with E-state index >= 15 is 0 Å². The number of hydrogen-bond donors (Lipinski definition) is 2. The van der Waals surface area contributed by atoms with Crippen LogP contribution >= 0.6 is 23.2 Å². The average Bonchev–Trinajstić information content (AvgIpc) is 2.44. The second-order valence-corrected chi connectivity index (χ2v) is 4.92. The third-order valence-corrected chi connectivity index (χ3v) is 3.28. The van der Waals surface area contributed by atoms with E-state index in [1.54, 1.807) is 31.3 Å². The molecular weight excluding hydrogens is 313 g/mol. The summed E-state index contributed by atoms with van der Waals surface area (Å²) in [4.78, 5) is 20.0. The SMILES string of the molecule is C=CCNNc1nc(-c2c(Cl)cccc2Cl)n(C)c(=O)n1. The van der Waals surface area contributed by atoms with E-state index in [4.69, 9.17) is 23.2 Å². The van der Waals surface area contributed by atoms with Crippen LogP contribution in [0.1, 0.15) is 0 Å². The van der Waals surface area contributed by atoms with Crippen molar-refractivity contribution < 1.29 is 0 Å². The summed E-state index contributed by atoms with van der Waals surface area (Å²) in [6.07, 6.45) is 1.65. The zero-order chi connectivity index (χ0) is 15.4. The molecule has 0 unspecified atom stereocenters. The van der Waals surface area contributed by atoms with Gasteiger partial charge in [0.1, 0.15) is 0 Å². The highest BCUT2D eigenvalue weighted by Crippen LogP contribution is 2.32. The van der Waals surface area contributed by atoms with Crippen molar-refractivity contribution in [1.29, 1.82) is 0 Å². The fourth-order valence-corrected chi connectivity index (χ4v) is 2.22. The zero-order valence-electron chi connectivity index (χ0n) is 11.2. The Balaban J connectivity index is 2.52. The van der Waals surface area contributed by atoms with E-state index in [0.29, 0.717) is 28.0 Å². The van der Waals surface area contributed by atoms with E-state index in [1.807, 2.05) is 0 Å². The summed E-state index contributed by atoms with van der Waals surface area (Å²) in [5.41, 5.74) is 5.53. The summed E-state index contributed by atoms with van der Waals surface area (Å²) in [6, 6.07) is 5.08. The van der Waals surface area contributed by atoms with Crippen LogP contribution in [0.25, 0.3) is 11.4 Å². The van der Waals surface area contributed by atoms with Crippen LogP contribution < -0.4 is 16.5 Å². The van der Waals surface area contributed by atoms with Gasteiger partial charge in [0.25, 0.3) is 0 Å². The first-order valence-electron chi connectivity index (χ1n) is 6.04. The van der Waals surface area contributed by atoms with Gasteiger partial charge in [0.15, 0.2) is 5.82 Å². The minimum Gasteiger partial charge on any atom is -0.289 e. The van der Waals surface area contributed by atoms with Gasteiger partial charge in [-0.05, 0) is 12.1 Å². The maximum atomic E-state index is 11.9. The van der Waals surface area contributed by atoms with Crippen LogP contribution in [0.2, 0.25) is 10.0 Å². The topological polar surface area (TPSA) is 71.8 Å². The average molecular weight is 326 g/mol. The van der Waals surface area contributed by atoms with Crippen LogP contribution in [0.15, 0.2) is 35.6 Å². The van der Waals surface area contributed by atoms with E-state index in [2.05, 4.69) is 27.4 Å². The Morgan fingerprint density at radius 2 is 2.00 bits per heavy atom. The molecule has 2 aromatic rings. The fourth-order valence-electron chi connectivity index (χ4n) is 1.65. The van der Waals surface area contributed by atoms with Crippen LogP contribution in [0.5, 0.6) is 0 Å². The van der Waals surface area contributed by atoms with Crippen LogP contribution in [0.3, 0.4) is 0 Å². The summed E-state index contributed by atoms with van der Waals surface area (Å²) >= 11 is 12.3. The number of benzene rings is 1. The molecule has 0 aliphatic rings. The molecule has 0 radical (unpaired) electrons. The fraction of sp³-hybridized carbons (Fsp3) is 0.154. The number of nitrogens with one attached hydrogen (secondary N) is 2. The summed E-state index contributed by atoms with van der Waals surface area (Å²) in [5.74, 6) is 0.458. The standard InChI is InChI=1S/C13H13Cl2N5O/c1-3-7-16-19-12-17-11(20(2)13(21)18-12)10-8(14)5-4-6-9(10)15/h3-6,16H,1,7H2,2H3,(H,18,19,21). The van der Waals surface area contributed by atoms with E-state index < -0.39 is 5.69 Å². The van der Waals surface area contributed by atoms with Gasteiger partial charge in [-0.3, -0.25) is 9.99 Å². The van der Waals surface area contributed by atoms with Crippen molar-refractivity contribution in [1.82, 2.24) is 20.0 Å². The number of nitrogens with zero attached hydrogens (tertiary/aromatic N) is 3. The number of rotatable bonds is 5. The first-order chi connectivity index (χ1) is 10.0. The molecule has 0 aliphatic heterocycles. The highest BCUT2D eigenvalue weighted by atomic mass is 35.5. The molecule has 0 bridgehead atoms. The number of anilines is 1. The molecule has 0 aliphatic carbocycles. The van der Waals surface area contributed by atoms with Crippen molar-refractivity contribution in [2.24, 2.45) is 7.05 Å². The van der Waals surface area contributed by atoms with Crippen molar-refractivity contribution >= 4 is 29.2 Å². The molecule has 2 rings (SSSR count). The van der Waals surface area contributed by atoms with Crippen molar-refractivity contribution in [3.05, 3.63) is 51.4 Å². The monoisotopic (exact) mass is 325 g/mol. The molecule has 1 aromatic carbocycles. The van der Waals surface area contributed by atoms with Gasteiger partial charge >= 0.3 is 5.69 Å². The van der Waals surface area contributed by atoms with Crippen LogP contribution in [-0.2, 0) is 7.05 Å². The molecule has 21 heavy (non-hydrogen) atoms. The molecule has 0 fully saturated rings. The summed E-state index contributed by atoms with van der Waals surface area (Å²) in [6.45, 7) is 4.05. The molecule has 1 aromatic heterocycles. The molecule has 0 atom stereocenters. The lowest BCUT2D eigenvalue weighted by Gasteiger charge is -2.12. The lowest BCUT2D eigenvalue weighted by molar-refractivity contribution is 0.769. The highest BCUT2D eigenvalue weighted by Gasteiger charge is 2.15. The second kappa shape index (κ2) is 6.71. The van der Waals surface area contributed by atoms with Gasteiger partial charge < -0.3 is 0 Å². The zero-order valence-corrected chi connectivity index (χ0v) is 12.7. The van der Waals surface area contributed by atoms with Gasteiger partial charge in [-0.15, -0.1) is 6.58 Å². The van der Waals surface area contributed by atoms with Crippen LogP contribution in [-0.4, -0.2) is 21.1 Å². The highest BCUT2D eigenvalue weighted by molar-refractivity contribution is 6.38. The van der Waals surface area contributed by atoms with E-state index in [0.717, 1.165) is 0 Å². The molecule has 2 N–H and O–H groups in total.